The van der Waals surface area contributed by atoms with E-state index in [-0.39, 0.29) is 18.2 Å². The van der Waals surface area contributed by atoms with Crippen LogP contribution in [0, 0.1) is 6.92 Å². The van der Waals surface area contributed by atoms with Crippen LogP contribution in [0.5, 0.6) is 5.75 Å². The topological polar surface area (TPSA) is 61.8 Å². The van der Waals surface area contributed by atoms with Crippen molar-refractivity contribution in [1.82, 2.24) is 10.2 Å². The zero-order valence-corrected chi connectivity index (χ0v) is 14.1. The van der Waals surface area contributed by atoms with Gasteiger partial charge in [-0.2, -0.15) is 0 Å². The predicted molar refractivity (Wildman–Crippen MR) is 90.3 cm³/mol. The fourth-order valence-electron chi connectivity index (χ4n) is 2.75. The van der Waals surface area contributed by atoms with Crippen LogP contribution in [0.2, 0.25) is 0 Å². The van der Waals surface area contributed by atoms with Gasteiger partial charge in [0.15, 0.2) is 0 Å². The third-order valence-corrected chi connectivity index (χ3v) is 4.27. The summed E-state index contributed by atoms with van der Waals surface area (Å²) in [5.41, 5.74) is 1.21. The van der Waals surface area contributed by atoms with Crippen molar-refractivity contribution >= 4 is 5.91 Å². The van der Waals surface area contributed by atoms with Gasteiger partial charge in [0.05, 0.1) is 18.9 Å². The van der Waals surface area contributed by atoms with Crippen LogP contribution in [-0.4, -0.2) is 47.9 Å². The van der Waals surface area contributed by atoms with Crippen molar-refractivity contribution in [1.29, 1.82) is 0 Å². The number of likely N-dealkylation sites (tertiary alicyclic amines) is 1. The fourth-order valence-corrected chi connectivity index (χ4v) is 2.75. The van der Waals surface area contributed by atoms with Crippen molar-refractivity contribution in [3.63, 3.8) is 0 Å². The van der Waals surface area contributed by atoms with Gasteiger partial charge in [-0.25, -0.2) is 0 Å². The smallest absolute Gasteiger partial charge is 0.220 e. The van der Waals surface area contributed by atoms with Crippen molar-refractivity contribution in [3.05, 3.63) is 29.8 Å². The van der Waals surface area contributed by atoms with E-state index in [1.807, 2.05) is 38.1 Å². The highest BCUT2D eigenvalue weighted by Gasteiger charge is 2.24. The molecule has 1 unspecified atom stereocenters. The molecule has 2 rings (SSSR count). The number of carbonyl (C=O) groups is 1. The Kier molecular flexibility index (Phi) is 6.86. The molecule has 5 nitrogen and oxygen atoms in total. The number of amides is 1. The van der Waals surface area contributed by atoms with E-state index in [0.717, 1.165) is 38.1 Å². The molecule has 128 valence electrons. The molecule has 1 amide bonds. The van der Waals surface area contributed by atoms with Gasteiger partial charge in [-0.05, 0) is 31.9 Å². The molecule has 1 saturated heterocycles. The summed E-state index contributed by atoms with van der Waals surface area (Å²) >= 11 is 0. The Bertz CT molecular complexity index is 482. The molecule has 1 heterocycles. The maximum atomic E-state index is 11.8. The Balaban J connectivity index is 1.86. The number of aryl methyl sites for hydroxylation is 1. The van der Waals surface area contributed by atoms with Crippen LogP contribution in [0.25, 0.3) is 0 Å². The molecule has 0 aliphatic carbocycles. The minimum Gasteiger partial charge on any atom is -0.493 e. The number of hydrogen-bond acceptors (Lipinski definition) is 4. The number of aliphatic hydroxyl groups is 1. The molecule has 1 fully saturated rings. The first kappa shape index (κ1) is 17.8. The van der Waals surface area contributed by atoms with Gasteiger partial charge in [-0.15, -0.1) is 0 Å². The molecule has 0 radical (unpaired) electrons. The zero-order valence-electron chi connectivity index (χ0n) is 14.1. The summed E-state index contributed by atoms with van der Waals surface area (Å²) in [4.78, 5) is 14.0. The molecule has 1 aliphatic heterocycles. The molecular weight excluding hydrogens is 292 g/mol. The molecule has 0 bridgehead atoms. The number of benzene rings is 1. The summed E-state index contributed by atoms with van der Waals surface area (Å²) in [6.45, 7) is 6.07. The zero-order chi connectivity index (χ0) is 16.7. The van der Waals surface area contributed by atoms with E-state index in [1.165, 1.54) is 5.56 Å². The predicted octanol–water partition coefficient (Wildman–Crippen LogP) is 2.07. The fraction of sp³-hybridized carbons (Fsp3) is 0.611. The van der Waals surface area contributed by atoms with Crippen LogP contribution in [0.1, 0.15) is 38.2 Å². The van der Waals surface area contributed by atoms with E-state index in [9.17, 15) is 9.90 Å². The molecule has 0 spiro atoms. The average Bonchev–Trinajstić information content (AvgIpc) is 2.56. The molecule has 0 aromatic heterocycles. The van der Waals surface area contributed by atoms with Crippen LogP contribution in [-0.2, 0) is 4.79 Å². The van der Waals surface area contributed by atoms with E-state index in [0.29, 0.717) is 13.0 Å². The van der Waals surface area contributed by atoms with Crippen molar-refractivity contribution in [3.8, 4) is 5.75 Å². The number of aliphatic hydroxyl groups excluding tert-OH is 1. The molecular formula is C18H28N2O3. The third kappa shape index (κ3) is 5.84. The first-order valence-corrected chi connectivity index (χ1v) is 8.49. The number of hydrogen-bond donors (Lipinski definition) is 2. The van der Waals surface area contributed by atoms with Crippen LogP contribution in [0.4, 0.5) is 0 Å². The third-order valence-electron chi connectivity index (χ3n) is 4.27. The summed E-state index contributed by atoms with van der Waals surface area (Å²) in [7, 11) is 0. The van der Waals surface area contributed by atoms with Gasteiger partial charge < -0.3 is 15.2 Å². The Hall–Kier alpha value is -1.59. The molecule has 1 atom stereocenters. The van der Waals surface area contributed by atoms with Crippen molar-refractivity contribution < 1.29 is 14.6 Å². The second-order valence-electron chi connectivity index (χ2n) is 6.15. The Morgan fingerprint density at radius 2 is 2.00 bits per heavy atom. The highest BCUT2D eigenvalue weighted by Crippen LogP contribution is 2.16. The first-order valence-electron chi connectivity index (χ1n) is 8.49. The van der Waals surface area contributed by atoms with Gasteiger partial charge in [0.25, 0.3) is 0 Å². The Labute approximate surface area is 138 Å². The number of piperidine rings is 1. The monoisotopic (exact) mass is 320 g/mol. The number of carbonyl (C=O) groups excluding carboxylic acids is 1. The maximum Gasteiger partial charge on any atom is 0.220 e. The van der Waals surface area contributed by atoms with E-state index in [1.54, 1.807) is 0 Å². The summed E-state index contributed by atoms with van der Waals surface area (Å²) in [5, 5.41) is 12.7. The van der Waals surface area contributed by atoms with Crippen LogP contribution in [0.3, 0.4) is 0 Å². The molecule has 1 aromatic rings. The standard InChI is InChI=1S/C18H28N2O3/c1-3-18(22)19-17(20-11-8-15(21)9-12-20)10-13-23-16-6-4-14(2)5-7-16/h4-7,15,17,21H,3,8-13H2,1-2H3,(H,19,22). The molecule has 1 aromatic carbocycles. The van der Waals surface area contributed by atoms with E-state index in [2.05, 4.69) is 10.2 Å². The van der Waals surface area contributed by atoms with Gasteiger partial charge in [-0.1, -0.05) is 24.6 Å². The highest BCUT2D eigenvalue weighted by atomic mass is 16.5. The van der Waals surface area contributed by atoms with Crippen molar-refractivity contribution in [2.24, 2.45) is 0 Å². The largest absolute Gasteiger partial charge is 0.493 e. The lowest BCUT2D eigenvalue weighted by atomic mass is 10.1. The SMILES string of the molecule is CCC(=O)NC(CCOc1ccc(C)cc1)N1CCC(O)CC1. The highest BCUT2D eigenvalue weighted by molar-refractivity contribution is 5.75. The summed E-state index contributed by atoms with van der Waals surface area (Å²) < 4.78 is 5.79. The van der Waals surface area contributed by atoms with Crippen LogP contribution < -0.4 is 10.1 Å². The maximum absolute atomic E-state index is 11.8. The second kappa shape index (κ2) is 8.89. The molecule has 5 heteroatoms. The average molecular weight is 320 g/mol. The molecule has 1 aliphatic rings. The summed E-state index contributed by atoms with van der Waals surface area (Å²) in [6.07, 6.45) is 2.49. The number of ether oxygens (including phenoxy) is 1. The summed E-state index contributed by atoms with van der Waals surface area (Å²) in [6, 6.07) is 7.98. The number of rotatable bonds is 7. The van der Waals surface area contributed by atoms with Crippen molar-refractivity contribution in [2.45, 2.75) is 51.8 Å². The minimum atomic E-state index is -0.211. The van der Waals surface area contributed by atoms with Crippen LogP contribution >= 0.6 is 0 Å². The van der Waals surface area contributed by atoms with E-state index in [4.69, 9.17) is 4.74 Å². The number of nitrogens with one attached hydrogen (secondary N) is 1. The lowest BCUT2D eigenvalue weighted by Gasteiger charge is -2.36. The Morgan fingerprint density at radius 1 is 1.35 bits per heavy atom. The molecule has 23 heavy (non-hydrogen) atoms. The van der Waals surface area contributed by atoms with E-state index < -0.39 is 0 Å². The van der Waals surface area contributed by atoms with Gasteiger partial charge in [-0.3, -0.25) is 9.69 Å². The number of nitrogens with zero attached hydrogens (tertiary/aromatic N) is 1. The minimum absolute atomic E-state index is 0.0274. The van der Waals surface area contributed by atoms with Gasteiger partial charge in [0.2, 0.25) is 5.91 Å². The molecule has 2 N–H and O–H groups in total. The molecule has 0 saturated carbocycles. The van der Waals surface area contributed by atoms with Gasteiger partial charge in [0, 0.05) is 25.9 Å². The van der Waals surface area contributed by atoms with Crippen molar-refractivity contribution in [2.75, 3.05) is 19.7 Å². The quantitative estimate of drug-likeness (QED) is 0.807. The van der Waals surface area contributed by atoms with Crippen LogP contribution in [0.15, 0.2) is 24.3 Å². The lowest BCUT2D eigenvalue weighted by molar-refractivity contribution is -0.123. The Morgan fingerprint density at radius 3 is 2.61 bits per heavy atom. The first-order chi connectivity index (χ1) is 11.1. The second-order valence-corrected chi connectivity index (χ2v) is 6.15. The van der Waals surface area contributed by atoms with E-state index >= 15 is 0 Å². The van der Waals surface area contributed by atoms with Gasteiger partial charge >= 0.3 is 0 Å². The summed E-state index contributed by atoms with van der Waals surface area (Å²) in [5.74, 6) is 0.904. The lowest BCUT2D eigenvalue weighted by Crippen LogP contribution is -2.52. The normalized spacial score (nSPS) is 17.7. The van der Waals surface area contributed by atoms with Gasteiger partial charge in [0.1, 0.15) is 5.75 Å².